The van der Waals surface area contributed by atoms with Crippen LogP contribution < -0.4 is 10.2 Å². The number of pyridine rings is 1. The van der Waals surface area contributed by atoms with Gasteiger partial charge in [0.15, 0.2) is 0 Å². The summed E-state index contributed by atoms with van der Waals surface area (Å²) in [5.41, 5.74) is 4.79. The topological polar surface area (TPSA) is 116 Å². The third-order valence-corrected chi connectivity index (χ3v) is 7.02. The Hall–Kier alpha value is -3.67. The lowest BCUT2D eigenvalue weighted by Crippen LogP contribution is -2.27. The number of hydrogen-bond acceptors (Lipinski definition) is 6. The van der Waals surface area contributed by atoms with Crippen LogP contribution in [0.1, 0.15) is 57.6 Å². The number of aromatic amines is 1. The minimum absolute atomic E-state index is 0.0915. The summed E-state index contributed by atoms with van der Waals surface area (Å²) in [5.74, 6) is 2.28. The van der Waals surface area contributed by atoms with Crippen molar-refractivity contribution in [3.05, 3.63) is 58.6 Å². The number of rotatable bonds is 5. The number of carbonyl (C=O) groups is 1. The van der Waals surface area contributed by atoms with Crippen LogP contribution in [0.25, 0.3) is 0 Å². The zero-order chi connectivity index (χ0) is 21.8. The van der Waals surface area contributed by atoms with E-state index in [0.717, 1.165) is 60.5 Å². The number of carbonyl (C=O) groups excluding carboxylic acids is 1. The highest BCUT2D eigenvalue weighted by molar-refractivity contribution is 5.92. The Morgan fingerprint density at radius 2 is 2.19 bits per heavy atom. The number of nitriles is 1. The molecule has 3 aliphatic rings. The SMILES string of the molecule is Cc1[nH]nc2c1CC[C@H]2NC(=O)c1cn(Cc2ccc(N3CC4CC4C3)nc2C#N)cn1. The second-order valence-electron chi connectivity index (χ2n) is 9.16. The van der Waals surface area contributed by atoms with Crippen LogP contribution in [-0.2, 0) is 13.0 Å². The van der Waals surface area contributed by atoms with Gasteiger partial charge in [-0.2, -0.15) is 10.4 Å². The molecule has 9 nitrogen and oxygen atoms in total. The highest BCUT2D eigenvalue weighted by Gasteiger charge is 2.45. The van der Waals surface area contributed by atoms with E-state index >= 15 is 0 Å². The number of imidazole rings is 1. The van der Waals surface area contributed by atoms with E-state index in [9.17, 15) is 10.1 Å². The Kier molecular flexibility index (Phi) is 4.28. The van der Waals surface area contributed by atoms with Gasteiger partial charge in [-0.3, -0.25) is 9.89 Å². The Morgan fingerprint density at radius 3 is 3.00 bits per heavy atom. The van der Waals surface area contributed by atoms with Crippen LogP contribution in [0, 0.1) is 30.1 Å². The standard InChI is InChI=1S/C23H24N8O/c1-13-17-3-4-18(22(17)29-28-13)27-23(32)20-11-30(12-25-20)8-14-2-5-21(26-19(14)7-24)31-9-15-6-16(15)10-31/h2,5,11-12,15-16,18H,3-4,6,8-10H2,1H3,(H,27,32)(H,28,29)/t15?,16?,18-/m1/s1. The Labute approximate surface area is 185 Å². The minimum Gasteiger partial charge on any atom is -0.356 e. The lowest BCUT2D eigenvalue weighted by atomic mass is 10.2. The van der Waals surface area contributed by atoms with E-state index in [-0.39, 0.29) is 11.9 Å². The molecule has 2 aliphatic carbocycles. The zero-order valence-corrected chi connectivity index (χ0v) is 17.9. The maximum atomic E-state index is 12.7. The minimum atomic E-state index is -0.219. The molecule has 0 bridgehead atoms. The Balaban J connectivity index is 1.14. The zero-order valence-electron chi connectivity index (χ0n) is 17.9. The van der Waals surface area contributed by atoms with Crippen molar-refractivity contribution in [1.29, 1.82) is 5.26 Å². The van der Waals surface area contributed by atoms with Crippen LogP contribution in [-0.4, -0.2) is 43.7 Å². The van der Waals surface area contributed by atoms with Crippen molar-refractivity contribution in [3.63, 3.8) is 0 Å². The highest BCUT2D eigenvalue weighted by atomic mass is 16.2. The molecular weight excluding hydrogens is 404 g/mol. The van der Waals surface area contributed by atoms with Crippen LogP contribution in [0.2, 0.25) is 0 Å². The molecule has 9 heteroatoms. The van der Waals surface area contributed by atoms with Crippen molar-refractivity contribution in [2.45, 2.75) is 38.8 Å². The van der Waals surface area contributed by atoms with Gasteiger partial charge in [0.25, 0.3) is 5.91 Å². The monoisotopic (exact) mass is 428 g/mol. The molecule has 1 amide bonds. The molecule has 2 fully saturated rings. The maximum Gasteiger partial charge on any atom is 0.272 e. The van der Waals surface area contributed by atoms with E-state index in [1.165, 1.54) is 12.0 Å². The summed E-state index contributed by atoms with van der Waals surface area (Å²) in [6.07, 6.45) is 6.43. The van der Waals surface area contributed by atoms with Crippen molar-refractivity contribution < 1.29 is 4.79 Å². The van der Waals surface area contributed by atoms with E-state index in [1.807, 2.05) is 23.6 Å². The summed E-state index contributed by atoms with van der Waals surface area (Å²) >= 11 is 0. The van der Waals surface area contributed by atoms with Gasteiger partial charge in [0.2, 0.25) is 0 Å². The molecule has 2 unspecified atom stereocenters. The summed E-state index contributed by atoms with van der Waals surface area (Å²) in [7, 11) is 0. The van der Waals surface area contributed by atoms with Crippen molar-refractivity contribution in [2.75, 3.05) is 18.0 Å². The molecule has 1 aliphatic heterocycles. The van der Waals surface area contributed by atoms with Gasteiger partial charge in [0.1, 0.15) is 23.3 Å². The molecule has 3 atom stereocenters. The molecule has 162 valence electrons. The number of aromatic nitrogens is 5. The number of anilines is 1. The first-order valence-electron chi connectivity index (χ1n) is 11.1. The van der Waals surface area contributed by atoms with E-state index in [0.29, 0.717) is 17.9 Å². The highest BCUT2D eigenvalue weighted by Crippen LogP contribution is 2.46. The van der Waals surface area contributed by atoms with Gasteiger partial charge in [-0.15, -0.1) is 0 Å². The van der Waals surface area contributed by atoms with E-state index in [4.69, 9.17) is 0 Å². The predicted molar refractivity (Wildman–Crippen MR) is 116 cm³/mol. The second-order valence-corrected chi connectivity index (χ2v) is 9.16. The number of H-pyrrole nitrogens is 1. The van der Waals surface area contributed by atoms with Crippen LogP contribution in [0.5, 0.6) is 0 Å². The summed E-state index contributed by atoms with van der Waals surface area (Å²) in [6.45, 7) is 4.53. The van der Waals surface area contributed by atoms with Crippen molar-refractivity contribution >= 4 is 11.7 Å². The van der Waals surface area contributed by atoms with E-state index in [1.54, 1.807) is 12.5 Å². The van der Waals surface area contributed by atoms with Crippen molar-refractivity contribution in [3.8, 4) is 6.07 Å². The molecule has 32 heavy (non-hydrogen) atoms. The van der Waals surface area contributed by atoms with Gasteiger partial charge in [0, 0.05) is 30.5 Å². The van der Waals surface area contributed by atoms with Crippen molar-refractivity contribution in [2.24, 2.45) is 11.8 Å². The average molecular weight is 429 g/mol. The van der Waals surface area contributed by atoms with Gasteiger partial charge >= 0.3 is 0 Å². The maximum absolute atomic E-state index is 12.7. The Bertz CT molecular complexity index is 1240. The van der Waals surface area contributed by atoms with Crippen LogP contribution in [0.4, 0.5) is 5.82 Å². The number of nitrogens with one attached hydrogen (secondary N) is 2. The first-order chi connectivity index (χ1) is 15.6. The summed E-state index contributed by atoms with van der Waals surface area (Å²) in [6, 6.07) is 6.10. The number of fused-ring (bicyclic) bond motifs is 2. The molecule has 4 heterocycles. The van der Waals surface area contributed by atoms with Crippen LogP contribution >= 0.6 is 0 Å². The van der Waals surface area contributed by atoms with Crippen molar-refractivity contribution in [1.82, 2.24) is 30.0 Å². The molecule has 6 rings (SSSR count). The molecular formula is C23H24N8O. The number of nitrogens with zero attached hydrogens (tertiary/aromatic N) is 6. The number of hydrogen-bond donors (Lipinski definition) is 2. The molecule has 0 spiro atoms. The van der Waals surface area contributed by atoms with E-state index in [2.05, 4.69) is 36.5 Å². The molecule has 2 N–H and O–H groups in total. The third kappa shape index (κ3) is 3.23. The summed E-state index contributed by atoms with van der Waals surface area (Å²) in [4.78, 5) is 23.9. The first-order valence-corrected chi connectivity index (χ1v) is 11.1. The molecule has 0 radical (unpaired) electrons. The van der Waals surface area contributed by atoms with Gasteiger partial charge in [-0.25, -0.2) is 9.97 Å². The number of amides is 1. The summed E-state index contributed by atoms with van der Waals surface area (Å²) in [5, 5.41) is 20.0. The number of piperidine rings is 1. The largest absolute Gasteiger partial charge is 0.356 e. The predicted octanol–water partition coefficient (Wildman–Crippen LogP) is 2.10. The molecule has 3 aromatic rings. The second kappa shape index (κ2) is 7.19. The molecule has 1 saturated carbocycles. The molecule has 1 saturated heterocycles. The average Bonchev–Trinajstić information content (AvgIpc) is 3.27. The quantitative estimate of drug-likeness (QED) is 0.643. The molecule has 0 aromatic carbocycles. The third-order valence-electron chi connectivity index (χ3n) is 7.02. The lowest BCUT2D eigenvalue weighted by Gasteiger charge is -2.19. The fourth-order valence-electron chi connectivity index (χ4n) is 5.10. The van der Waals surface area contributed by atoms with Gasteiger partial charge in [-0.1, -0.05) is 6.07 Å². The van der Waals surface area contributed by atoms with Gasteiger partial charge < -0.3 is 14.8 Å². The first kappa shape index (κ1) is 19.0. The number of aryl methyl sites for hydroxylation is 1. The van der Waals surface area contributed by atoms with Gasteiger partial charge in [-0.05, 0) is 49.7 Å². The normalized spacial score (nSPS) is 23.0. The fraction of sp³-hybridized carbons (Fsp3) is 0.435. The fourth-order valence-corrected chi connectivity index (χ4v) is 5.10. The lowest BCUT2D eigenvalue weighted by molar-refractivity contribution is 0.0931. The van der Waals surface area contributed by atoms with Crippen LogP contribution in [0.15, 0.2) is 24.7 Å². The Morgan fingerprint density at radius 1 is 1.34 bits per heavy atom. The van der Waals surface area contributed by atoms with Crippen LogP contribution in [0.3, 0.4) is 0 Å². The smallest absolute Gasteiger partial charge is 0.272 e. The van der Waals surface area contributed by atoms with E-state index < -0.39 is 0 Å². The summed E-state index contributed by atoms with van der Waals surface area (Å²) < 4.78 is 1.82. The molecule has 3 aromatic heterocycles. The van der Waals surface area contributed by atoms with Gasteiger partial charge in [0.05, 0.1) is 24.6 Å².